The van der Waals surface area contributed by atoms with Crippen molar-refractivity contribution in [2.45, 2.75) is 45.6 Å². The zero-order chi connectivity index (χ0) is 22.7. The number of amides is 1. The Kier molecular flexibility index (Phi) is 4.69. The van der Waals surface area contributed by atoms with Crippen LogP contribution in [0.4, 0.5) is 24.7 Å². The van der Waals surface area contributed by atoms with Crippen LogP contribution in [0.2, 0.25) is 0 Å². The maximum Gasteiger partial charge on any atom is 0.418 e. The second kappa shape index (κ2) is 6.91. The maximum absolute atomic E-state index is 13.6. The first-order chi connectivity index (χ1) is 14.4. The van der Waals surface area contributed by atoms with E-state index in [9.17, 15) is 18.0 Å². The molecule has 31 heavy (non-hydrogen) atoms. The summed E-state index contributed by atoms with van der Waals surface area (Å²) in [5, 5.41) is 3.96. The highest BCUT2D eigenvalue weighted by molar-refractivity contribution is 6.00. The average Bonchev–Trinajstić information content (AvgIpc) is 3.06. The van der Waals surface area contributed by atoms with Crippen molar-refractivity contribution < 1.29 is 22.7 Å². The number of hydrogen-bond donors (Lipinski definition) is 1. The van der Waals surface area contributed by atoms with Gasteiger partial charge in [-0.05, 0) is 39.8 Å². The van der Waals surface area contributed by atoms with Crippen LogP contribution in [0.15, 0.2) is 24.7 Å². The van der Waals surface area contributed by atoms with Crippen molar-refractivity contribution in [2.75, 3.05) is 17.2 Å². The van der Waals surface area contributed by atoms with Crippen LogP contribution in [-0.4, -0.2) is 43.7 Å². The number of ether oxygens (including phenoxy) is 1. The Morgan fingerprint density at radius 3 is 2.65 bits per heavy atom. The van der Waals surface area contributed by atoms with Gasteiger partial charge in [0, 0.05) is 11.8 Å². The number of fused-ring (bicyclic) bond motifs is 1. The number of carbonyl (C=O) groups is 1. The highest BCUT2D eigenvalue weighted by atomic mass is 19.4. The molecule has 0 spiro atoms. The molecule has 0 aromatic carbocycles. The fraction of sp³-hybridized carbons (Fsp3) is 0.400. The number of pyridine rings is 1. The Hall–Kier alpha value is -3.21. The number of halogens is 3. The van der Waals surface area contributed by atoms with Crippen molar-refractivity contribution in [3.8, 4) is 11.3 Å². The van der Waals surface area contributed by atoms with Crippen LogP contribution in [-0.2, 0) is 15.7 Å². The fourth-order valence-corrected chi connectivity index (χ4v) is 3.89. The number of anilines is 2. The SMILES string of the molecule is Cc1ncc(-c2cc(C(F)(F)F)c3c(N)ncnn23)cc1N1C[C@H](C)OC(C)(C)C1=O. The fourth-order valence-electron chi connectivity index (χ4n) is 3.89. The zero-order valence-electron chi connectivity index (χ0n) is 17.4. The number of hydrogen-bond acceptors (Lipinski definition) is 6. The summed E-state index contributed by atoms with van der Waals surface area (Å²) in [5.74, 6) is -0.539. The molecule has 2 N–H and O–H groups in total. The average molecular weight is 434 g/mol. The second-order valence-electron chi connectivity index (χ2n) is 8.03. The number of morpholine rings is 1. The molecule has 0 saturated carbocycles. The largest absolute Gasteiger partial charge is 0.418 e. The number of nitrogens with zero attached hydrogens (tertiary/aromatic N) is 5. The molecule has 0 unspecified atom stereocenters. The van der Waals surface area contributed by atoms with Gasteiger partial charge in [0.2, 0.25) is 0 Å². The van der Waals surface area contributed by atoms with Crippen molar-refractivity contribution in [1.82, 2.24) is 19.6 Å². The van der Waals surface area contributed by atoms with Gasteiger partial charge in [0.1, 0.15) is 17.4 Å². The third-order valence-electron chi connectivity index (χ3n) is 5.23. The van der Waals surface area contributed by atoms with Gasteiger partial charge in [-0.3, -0.25) is 9.78 Å². The first-order valence-corrected chi connectivity index (χ1v) is 9.56. The molecule has 3 aromatic rings. The van der Waals surface area contributed by atoms with Gasteiger partial charge in [-0.2, -0.15) is 18.3 Å². The Labute approximate surface area is 175 Å². The van der Waals surface area contributed by atoms with Crippen molar-refractivity contribution in [2.24, 2.45) is 0 Å². The molecule has 3 aromatic heterocycles. The van der Waals surface area contributed by atoms with Crippen LogP contribution >= 0.6 is 0 Å². The number of carbonyl (C=O) groups excluding carboxylic acids is 1. The van der Waals surface area contributed by atoms with Gasteiger partial charge in [0.05, 0.1) is 35.3 Å². The number of aromatic nitrogens is 4. The molecule has 11 heteroatoms. The summed E-state index contributed by atoms with van der Waals surface area (Å²) in [5.41, 5.74) is 4.97. The molecule has 4 heterocycles. The summed E-state index contributed by atoms with van der Waals surface area (Å²) >= 11 is 0. The van der Waals surface area contributed by atoms with Gasteiger partial charge in [-0.25, -0.2) is 9.50 Å². The Bertz CT molecular complexity index is 1190. The summed E-state index contributed by atoms with van der Waals surface area (Å²) in [6.07, 6.45) is -2.35. The minimum Gasteiger partial charge on any atom is -0.382 e. The van der Waals surface area contributed by atoms with E-state index in [4.69, 9.17) is 10.5 Å². The van der Waals surface area contributed by atoms with Gasteiger partial charge in [-0.1, -0.05) is 0 Å². The van der Waals surface area contributed by atoms with E-state index in [-0.39, 0.29) is 29.0 Å². The van der Waals surface area contributed by atoms with E-state index in [1.54, 1.807) is 31.7 Å². The number of alkyl halides is 3. The third-order valence-corrected chi connectivity index (χ3v) is 5.23. The zero-order valence-corrected chi connectivity index (χ0v) is 17.4. The lowest BCUT2D eigenvalue weighted by Gasteiger charge is -2.41. The Balaban J connectivity index is 1.90. The van der Waals surface area contributed by atoms with E-state index in [0.717, 1.165) is 16.9 Å². The standard InChI is InChI=1S/C20H21F3N6O2/c1-10-8-28(18(30)19(3,4)31-10)14-5-12(7-25-11(14)2)15-6-13(20(21,22)23)16-17(24)26-9-27-29(15)16/h5-7,9-10H,8H2,1-4H3,(H2,24,26,27)/t10-/m0/s1. The lowest BCUT2D eigenvalue weighted by Crippen LogP contribution is -2.56. The van der Waals surface area contributed by atoms with Gasteiger partial charge in [-0.15, -0.1) is 0 Å². The number of nitrogens with two attached hydrogens (primary N) is 1. The first kappa shape index (κ1) is 21.0. The predicted molar refractivity (Wildman–Crippen MR) is 107 cm³/mol. The van der Waals surface area contributed by atoms with Crippen molar-refractivity contribution in [1.29, 1.82) is 0 Å². The van der Waals surface area contributed by atoms with Crippen LogP contribution in [0.5, 0.6) is 0 Å². The van der Waals surface area contributed by atoms with Crippen LogP contribution in [0.3, 0.4) is 0 Å². The van der Waals surface area contributed by atoms with E-state index < -0.39 is 17.3 Å². The van der Waals surface area contributed by atoms with E-state index in [0.29, 0.717) is 23.5 Å². The summed E-state index contributed by atoms with van der Waals surface area (Å²) < 4.78 is 47.7. The third kappa shape index (κ3) is 3.48. The van der Waals surface area contributed by atoms with Crippen LogP contribution in [0.25, 0.3) is 16.8 Å². The Morgan fingerprint density at radius 2 is 1.97 bits per heavy atom. The van der Waals surface area contributed by atoms with E-state index in [1.165, 1.54) is 6.20 Å². The molecule has 1 fully saturated rings. The monoisotopic (exact) mass is 434 g/mol. The van der Waals surface area contributed by atoms with E-state index in [2.05, 4.69) is 15.1 Å². The normalized spacial score (nSPS) is 19.3. The van der Waals surface area contributed by atoms with E-state index >= 15 is 0 Å². The molecule has 1 aliphatic heterocycles. The van der Waals surface area contributed by atoms with Gasteiger partial charge >= 0.3 is 6.18 Å². The maximum atomic E-state index is 13.6. The highest BCUT2D eigenvalue weighted by Crippen LogP contribution is 2.39. The number of rotatable bonds is 2. The van der Waals surface area contributed by atoms with Crippen molar-refractivity contribution in [3.05, 3.63) is 35.9 Å². The molecule has 8 nitrogen and oxygen atoms in total. The minimum absolute atomic E-state index is 0.137. The van der Waals surface area contributed by atoms with Crippen molar-refractivity contribution in [3.63, 3.8) is 0 Å². The molecular weight excluding hydrogens is 413 g/mol. The predicted octanol–water partition coefficient (Wildman–Crippen LogP) is 3.23. The summed E-state index contributed by atoms with van der Waals surface area (Å²) in [4.78, 5) is 22.6. The molecule has 0 radical (unpaired) electrons. The molecule has 4 rings (SSSR count). The van der Waals surface area contributed by atoms with Gasteiger partial charge < -0.3 is 15.4 Å². The van der Waals surface area contributed by atoms with Crippen molar-refractivity contribution >= 4 is 22.9 Å². The first-order valence-electron chi connectivity index (χ1n) is 9.56. The number of aryl methyl sites for hydroxylation is 1. The highest BCUT2D eigenvalue weighted by Gasteiger charge is 2.41. The van der Waals surface area contributed by atoms with Crippen LogP contribution in [0, 0.1) is 6.92 Å². The summed E-state index contributed by atoms with van der Waals surface area (Å²) in [6, 6.07) is 2.60. The molecule has 164 valence electrons. The summed E-state index contributed by atoms with van der Waals surface area (Å²) in [7, 11) is 0. The minimum atomic E-state index is -4.65. The van der Waals surface area contributed by atoms with Gasteiger partial charge in [0.25, 0.3) is 5.91 Å². The van der Waals surface area contributed by atoms with Crippen LogP contribution < -0.4 is 10.6 Å². The molecule has 1 aliphatic rings. The lowest BCUT2D eigenvalue weighted by molar-refractivity contribution is -0.153. The van der Waals surface area contributed by atoms with Gasteiger partial charge in [0.15, 0.2) is 5.82 Å². The lowest BCUT2D eigenvalue weighted by atomic mass is 10.0. The van der Waals surface area contributed by atoms with E-state index in [1.807, 2.05) is 6.92 Å². The number of nitrogen functional groups attached to an aromatic ring is 1. The molecule has 0 aliphatic carbocycles. The quantitative estimate of drug-likeness (QED) is 0.665. The topological polar surface area (TPSA) is 98.6 Å². The second-order valence-corrected chi connectivity index (χ2v) is 8.03. The smallest absolute Gasteiger partial charge is 0.382 e. The Morgan fingerprint density at radius 1 is 1.26 bits per heavy atom. The molecule has 1 amide bonds. The molecule has 0 bridgehead atoms. The van der Waals surface area contributed by atoms with Crippen LogP contribution in [0.1, 0.15) is 32.0 Å². The molecule has 1 atom stereocenters. The molecule has 1 saturated heterocycles. The summed E-state index contributed by atoms with van der Waals surface area (Å²) in [6.45, 7) is 7.24. The molecular formula is C20H21F3N6O2.